The van der Waals surface area contributed by atoms with E-state index >= 15 is 0 Å². The molecule has 0 saturated carbocycles. The molecular weight excluding hydrogens is 272 g/mol. The SMILES string of the molecule is CC1(CCc2ccccc2)CCN(C(=O)C2CCCCN2)C1. The minimum Gasteiger partial charge on any atom is -0.341 e. The van der Waals surface area contributed by atoms with Crippen molar-refractivity contribution >= 4 is 5.91 Å². The predicted molar refractivity (Wildman–Crippen MR) is 89.7 cm³/mol. The molecule has 0 aliphatic carbocycles. The first kappa shape index (κ1) is 15.5. The Labute approximate surface area is 134 Å². The fourth-order valence-electron chi connectivity index (χ4n) is 3.79. The maximum absolute atomic E-state index is 12.6. The topological polar surface area (TPSA) is 32.3 Å². The number of nitrogens with one attached hydrogen (secondary N) is 1. The van der Waals surface area contributed by atoms with Gasteiger partial charge in [-0.05, 0) is 49.6 Å². The Bertz CT molecular complexity index is 495. The number of likely N-dealkylation sites (tertiary alicyclic amines) is 1. The van der Waals surface area contributed by atoms with Gasteiger partial charge in [-0.15, -0.1) is 0 Å². The van der Waals surface area contributed by atoms with E-state index in [1.165, 1.54) is 24.8 Å². The molecule has 0 bridgehead atoms. The Balaban J connectivity index is 1.53. The quantitative estimate of drug-likeness (QED) is 0.927. The lowest BCUT2D eigenvalue weighted by Gasteiger charge is -2.29. The van der Waals surface area contributed by atoms with Gasteiger partial charge in [0.15, 0.2) is 0 Å². The van der Waals surface area contributed by atoms with Gasteiger partial charge < -0.3 is 10.2 Å². The minimum atomic E-state index is 0.0743. The Morgan fingerprint density at radius 1 is 1.32 bits per heavy atom. The van der Waals surface area contributed by atoms with Crippen LogP contribution < -0.4 is 5.32 Å². The van der Waals surface area contributed by atoms with Crippen molar-refractivity contribution < 1.29 is 4.79 Å². The first-order chi connectivity index (χ1) is 10.7. The molecule has 2 fully saturated rings. The molecule has 2 heterocycles. The van der Waals surface area contributed by atoms with Crippen molar-refractivity contribution in [1.82, 2.24) is 10.2 Å². The molecule has 2 atom stereocenters. The molecule has 2 aliphatic rings. The molecular formula is C19H28N2O. The number of nitrogens with zero attached hydrogens (tertiary/aromatic N) is 1. The molecule has 3 rings (SSSR count). The number of piperidine rings is 1. The highest BCUT2D eigenvalue weighted by atomic mass is 16.2. The van der Waals surface area contributed by atoms with E-state index in [0.29, 0.717) is 5.91 Å². The third-order valence-electron chi connectivity index (χ3n) is 5.34. The molecule has 0 aromatic heterocycles. The van der Waals surface area contributed by atoms with E-state index in [9.17, 15) is 4.79 Å². The van der Waals surface area contributed by atoms with Crippen molar-refractivity contribution in [2.75, 3.05) is 19.6 Å². The van der Waals surface area contributed by atoms with E-state index in [-0.39, 0.29) is 11.5 Å². The molecule has 2 saturated heterocycles. The minimum absolute atomic E-state index is 0.0743. The second-order valence-electron chi connectivity index (χ2n) is 7.31. The first-order valence-corrected chi connectivity index (χ1v) is 8.72. The number of carbonyl (C=O) groups excluding carboxylic acids is 1. The Morgan fingerprint density at radius 2 is 2.14 bits per heavy atom. The summed E-state index contributed by atoms with van der Waals surface area (Å²) >= 11 is 0. The molecule has 1 amide bonds. The zero-order valence-corrected chi connectivity index (χ0v) is 13.7. The van der Waals surface area contributed by atoms with Crippen molar-refractivity contribution in [3.05, 3.63) is 35.9 Å². The van der Waals surface area contributed by atoms with Crippen LogP contribution in [0.4, 0.5) is 0 Å². The Hall–Kier alpha value is -1.35. The molecule has 120 valence electrons. The van der Waals surface area contributed by atoms with E-state index in [4.69, 9.17) is 0 Å². The molecule has 1 aromatic rings. The summed E-state index contributed by atoms with van der Waals surface area (Å²) in [4.78, 5) is 14.7. The van der Waals surface area contributed by atoms with Gasteiger partial charge in [0.05, 0.1) is 6.04 Å². The van der Waals surface area contributed by atoms with Crippen LogP contribution in [0.1, 0.15) is 44.6 Å². The summed E-state index contributed by atoms with van der Waals surface area (Å²) in [7, 11) is 0. The average molecular weight is 300 g/mol. The van der Waals surface area contributed by atoms with Crippen LogP contribution in [0.15, 0.2) is 30.3 Å². The van der Waals surface area contributed by atoms with E-state index in [1.54, 1.807) is 0 Å². The van der Waals surface area contributed by atoms with E-state index < -0.39 is 0 Å². The van der Waals surface area contributed by atoms with Crippen molar-refractivity contribution in [3.8, 4) is 0 Å². The summed E-state index contributed by atoms with van der Waals surface area (Å²) in [6.45, 7) is 5.20. The third-order valence-corrected chi connectivity index (χ3v) is 5.34. The van der Waals surface area contributed by atoms with Gasteiger partial charge in [-0.1, -0.05) is 43.7 Å². The standard InChI is InChI=1S/C19H28N2O/c1-19(11-10-16-7-3-2-4-8-16)12-14-21(15-19)18(22)17-9-5-6-13-20-17/h2-4,7-8,17,20H,5-6,9-15H2,1H3. The molecule has 0 spiro atoms. The molecule has 22 heavy (non-hydrogen) atoms. The maximum atomic E-state index is 12.6. The van der Waals surface area contributed by atoms with Crippen molar-refractivity contribution in [3.63, 3.8) is 0 Å². The van der Waals surface area contributed by atoms with Crippen LogP contribution in [-0.4, -0.2) is 36.5 Å². The van der Waals surface area contributed by atoms with Crippen molar-refractivity contribution in [1.29, 1.82) is 0 Å². The summed E-state index contributed by atoms with van der Waals surface area (Å²) < 4.78 is 0. The molecule has 3 heteroatoms. The molecule has 1 N–H and O–H groups in total. The molecule has 2 unspecified atom stereocenters. The summed E-state index contributed by atoms with van der Waals surface area (Å²) in [5, 5.41) is 3.39. The zero-order valence-electron chi connectivity index (χ0n) is 13.7. The monoisotopic (exact) mass is 300 g/mol. The van der Waals surface area contributed by atoms with E-state index in [0.717, 1.165) is 38.9 Å². The van der Waals surface area contributed by atoms with Gasteiger partial charge in [0.25, 0.3) is 0 Å². The van der Waals surface area contributed by atoms with Gasteiger partial charge in [0.2, 0.25) is 5.91 Å². The Morgan fingerprint density at radius 3 is 2.86 bits per heavy atom. The van der Waals surface area contributed by atoms with Gasteiger partial charge in [0, 0.05) is 13.1 Å². The summed E-state index contributed by atoms with van der Waals surface area (Å²) in [6.07, 6.45) is 6.81. The number of carbonyl (C=O) groups is 1. The smallest absolute Gasteiger partial charge is 0.239 e. The summed E-state index contributed by atoms with van der Waals surface area (Å²) in [5.41, 5.74) is 1.68. The Kier molecular flexibility index (Phi) is 4.82. The van der Waals surface area contributed by atoms with Gasteiger partial charge in [0.1, 0.15) is 0 Å². The number of benzene rings is 1. The zero-order chi connectivity index (χ0) is 15.4. The highest BCUT2D eigenvalue weighted by molar-refractivity contribution is 5.82. The fourth-order valence-corrected chi connectivity index (χ4v) is 3.79. The van der Waals surface area contributed by atoms with Crippen molar-refractivity contribution in [2.45, 2.75) is 51.5 Å². The number of hydrogen-bond acceptors (Lipinski definition) is 2. The summed E-state index contributed by atoms with van der Waals surface area (Å²) in [6, 6.07) is 10.8. The lowest BCUT2D eigenvalue weighted by Crippen LogP contribution is -2.48. The van der Waals surface area contributed by atoms with Gasteiger partial charge in [-0.25, -0.2) is 0 Å². The van der Waals surface area contributed by atoms with Crippen molar-refractivity contribution in [2.24, 2.45) is 5.41 Å². The van der Waals surface area contributed by atoms with E-state index in [2.05, 4.69) is 47.5 Å². The molecule has 0 radical (unpaired) electrons. The second kappa shape index (κ2) is 6.82. The number of rotatable bonds is 4. The number of amides is 1. The van der Waals surface area contributed by atoms with Crippen LogP contribution in [0, 0.1) is 5.41 Å². The summed E-state index contributed by atoms with van der Waals surface area (Å²) in [5.74, 6) is 0.336. The molecule has 2 aliphatic heterocycles. The number of aryl methyl sites for hydroxylation is 1. The maximum Gasteiger partial charge on any atom is 0.239 e. The lowest BCUT2D eigenvalue weighted by atomic mass is 9.83. The number of hydrogen-bond donors (Lipinski definition) is 1. The van der Waals surface area contributed by atoms with E-state index in [1.807, 2.05) is 0 Å². The van der Waals surface area contributed by atoms with Gasteiger partial charge in [-0.3, -0.25) is 4.79 Å². The molecule has 1 aromatic carbocycles. The van der Waals surface area contributed by atoms with Crippen LogP contribution in [0.5, 0.6) is 0 Å². The van der Waals surface area contributed by atoms with Crippen LogP contribution >= 0.6 is 0 Å². The normalized spacial score (nSPS) is 28.8. The second-order valence-corrected chi connectivity index (χ2v) is 7.31. The highest BCUT2D eigenvalue weighted by Crippen LogP contribution is 2.35. The van der Waals surface area contributed by atoms with Crippen LogP contribution in [0.3, 0.4) is 0 Å². The van der Waals surface area contributed by atoms with Gasteiger partial charge >= 0.3 is 0 Å². The largest absolute Gasteiger partial charge is 0.341 e. The highest BCUT2D eigenvalue weighted by Gasteiger charge is 2.37. The average Bonchev–Trinajstić information content (AvgIpc) is 2.97. The van der Waals surface area contributed by atoms with Crippen LogP contribution in [0.25, 0.3) is 0 Å². The predicted octanol–water partition coefficient (Wildman–Crippen LogP) is 3.00. The van der Waals surface area contributed by atoms with Gasteiger partial charge in [-0.2, -0.15) is 0 Å². The fraction of sp³-hybridized carbons (Fsp3) is 0.632. The molecule has 3 nitrogen and oxygen atoms in total. The first-order valence-electron chi connectivity index (χ1n) is 8.72. The van der Waals surface area contributed by atoms with Crippen LogP contribution in [-0.2, 0) is 11.2 Å². The van der Waals surface area contributed by atoms with Crippen LogP contribution in [0.2, 0.25) is 0 Å². The third kappa shape index (κ3) is 3.70. The lowest BCUT2D eigenvalue weighted by molar-refractivity contribution is -0.133.